The second kappa shape index (κ2) is 3.27. The molecule has 0 aliphatic heterocycles. The lowest BCUT2D eigenvalue weighted by atomic mass is 10.4. The second-order valence-electron chi connectivity index (χ2n) is 1.69. The summed E-state index contributed by atoms with van der Waals surface area (Å²) in [5, 5.41) is 0. The van der Waals surface area contributed by atoms with Gasteiger partial charge in [0.1, 0.15) is 0 Å². The largest absolute Gasteiger partial charge is 0.768 e. The summed E-state index contributed by atoms with van der Waals surface area (Å²) < 4.78 is 21.4. The molecule has 2 nitrogen and oxygen atoms in total. The van der Waals surface area contributed by atoms with E-state index in [9.17, 15) is 8.76 Å². The van der Waals surface area contributed by atoms with E-state index in [2.05, 4.69) is 15.9 Å². The number of hydrogen-bond donors (Lipinski definition) is 0. The van der Waals surface area contributed by atoms with E-state index in [1.807, 2.05) is 0 Å². The van der Waals surface area contributed by atoms with Gasteiger partial charge in [0.15, 0.2) is 0 Å². The van der Waals surface area contributed by atoms with Crippen LogP contribution in [0.5, 0.6) is 0 Å². The van der Waals surface area contributed by atoms with Crippen LogP contribution < -0.4 is 0 Å². The molecule has 1 unspecified atom stereocenters. The summed E-state index contributed by atoms with van der Waals surface area (Å²) in [5.74, 6) is 0. The van der Waals surface area contributed by atoms with E-state index < -0.39 is 11.1 Å². The maximum absolute atomic E-state index is 10.3. The van der Waals surface area contributed by atoms with Gasteiger partial charge in [-0.15, -0.1) is 0 Å². The lowest BCUT2D eigenvalue weighted by molar-refractivity contribution is 0.537. The van der Waals surface area contributed by atoms with Crippen molar-refractivity contribution in [3.05, 3.63) is 28.7 Å². The zero-order chi connectivity index (χ0) is 7.56. The molecule has 1 aromatic rings. The lowest BCUT2D eigenvalue weighted by Crippen LogP contribution is -1.86. The van der Waals surface area contributed by atoms with Gasteiger partial charge in [0.2, 0.25) is 0 Å². The molecule has 1 atom stereocenters. The maximum atomic E-state index is 10.3. The van der Waals surface area contributed by atoms with Crippen molar-refractivity contribution in [1.82, 2.24) is 0 Å². The average molecular weight is 220 g/mol. The number of benzene rings is 1. The van der Waals surface area contributed by atoms with Gasteiger partial charge in [0.25, 0.3) is 0 Å². The fourth-order valence-electron chi connectivity index (χ4n) is 0.571. The Kier molecular flexibility index (Phi) is 2.59. The van der Waals surface area contributed by atoms with Crippen LogP contribution in [0.25, 0.3) is 0 Å². The van der Waals surface area contributed by atoms with E-state index in [1.54, 1.807) is 18.2 Å². The lowest BCUT2D eigenvalue weighted by Gasteiger charge is -2.03. The summed E-state index contributed by atoms with van der Waals surface area (Å²) in [4.78, 5) is 0.300. The smallest absolute Gasteiger partial charge is 0.0259 e. The van der Waals surface area contributed by atoms with Crippen LogP contribution in [0.15, 0.2) is 33.6 Å². The van der Waals surface area contributed by atoms with Gasteiger partial charge in [-0.1, -0.05) is 22.0 Å². The van der Waals surface area contributed by atoms with Gasteiger partial charge in [-0.05, 0) is 29.3 Å². The average Bonchev–Trinajstić information content (AvgIpc) is 1.88. The summed E-state index contributed by atoms with van der Waals surface area (Å²) in [7, 11) is 0. The predicted octanol–water partition coefficient (Wildman–Crippen LogP) is 1.69. The Hall–Kier alpha value is -0.190. The quantitative estimate of drug-likeness (QED) is 0.675. The van der Waals surface area contributed by atoms with Crippen LogP contribution in [0.3, 0.4) is 0 Å². The van der Waals surface area contributed by atoms with Crippen LogP contribution in [-0.4, -0.2) is 8.76 Å². The van der Waals surface area contributed by atoms with Crippen LogP contribution in [0.1, 0.15) is 0 Å². The van der Waals surface area contributed by atoms with Gasteiger partial charge in [-0.3, -0.25) is 4.21 Å². The molecule has 0 radical (unpaired) electrons. The van der Waals surface area contributed by atoms with Crippen LogP contribution >= 0.6 is 15.9 Å². The molecular formula is C6H4BrO2S-. The van der Waals surface area contributed by atoms with Crippen molar-refractivity contribution in [1.29, 1.82) is 0 Å². The molecule has 0 bridgehead atoms. The SMILES string of the molecule is O=S([O-])c1cccc(Br)c1. The normalized spacial score (nSPS) is 13.0. The van der Waals surface area contributed by atoms with Crippen molar-refractivity contribution in [2.45, 2.75) is 4.90 Å². The first kappa shape index (κ1) is 7.91. The second-order valence-corrected chi connectivity index (χ2v) is 3.55. The Morgan fingerprint density at radius 1 is 1.50 bits per heavy atom. The van der Waals surface area contributed by atoms with E-state index in [1.165, 1.54) is 6.07 Å². The molecule has 0 amide bonds. The van der Waals surface area contributed by atoms with Crippen LogP contribution in [-0.2, 0) is 11.1 Å². The first-order valence-electron chi connectivity index (χ1n) is 2.55. The van der Waals surface area contributed by atoms with Gasteiger partial charge in [0, 0.05) is 9.37 Å². The van der Waals surface area contributed by atoms with Gasteiger partial charge in [0.05, 0.1) is 0 Å². The molecular weight excluding hydrogens is 216 g/mol. The Morgan fingerprint density at radius 2 is 2.20 bits per heavy atom. The minimum Gasteiger partial charge on any atom is -0.768 e. The molecule has 0 saturated carbocycles. The molecule has 0 heterocycles. The van der Waals surface area contributed by atoms with Gasteiger partial charge in [-0.25, -0.2) is 0 Å². The van der Waals surface area contributed by atoms with E-state index in [0.29, 0.717) is 4.90 Å². The number of rotatable bonds is 1. The summed E-state index contributed by atoms with van der Waals surface area (Å²) in [6.45, 7) is 0. The Balaban J connectivity index is 3.07. The monoisotopic (exact) mass is 219 g/mol. The third-order valence-corrected chi connectivity index (χ3v) is 2.12. The highest BCUT2D eigenvalue weighted by atomic mass is 79.9. The number of hydrogen-bond acceptors (Lipinski definition) is 2. The van der Waals surface area contributed by atoms with Gasteiger partial charge >= 0.3 is 0 Å². The standard InChI is InChI=1S/C6H5BrO2S/c7-5-2-1-3-6(4-5)10(8)9/h1-4H,(H,8,9)/p-1. The maximum Gasteiger partial charge on any atom is 0.0259 e. The van der Waals surface area contributed by atoms with Crippen molar-refractivity contribution < 1.29 is 8.76 Å². The molecule has 1 rings (SSSR count). The highest BCUT2D eigenvalue weighted by Crippen LogP contribution is 2.13. The molecule has 0 N–H and O–H groups in total. The molecule has 1 aromatic carbocycles. The van der Waals surface area contributed by atoms with Crippen molar-refractivity contribution in [2.24, 2.45) is 0 Å². The molecule has 0 aromatic heterocycles. The minimum atomic E-state index is -2.12. The van der Waals surface area contributed by atoms with Crippen LogP contribution in [0, 0.1) is 0 Å². The molecule has 0 aliphatic carbocycles. The Bertz CT molecular complexity index is 262. The molecule has 54 valence electrons. The summed E-state index contributed by atoms with van der Waals surface area (Å²) in [6, 6.07) is 6.53. The fraction of sp³-hybridized carbons (Fsp3) is 0. The van der Waals surface area contributed by atoms with Crippen molar-refractivity contribution >= 4 is 27.0 Å². The fourth-order valence-corrected chi connectivity index (χ4v) is 1.53. The predicted molar refractivity (Wildman–Crippen MR) is 41.3 cm³/mol. The molecule has 0 spiro atoms. The molecule has 0 aliphatic rings. The van der Waals surface area contributed by atoms with E-state index in [0.717, 1.165) is 4.47 Å². The Labute approximate surface area is 69.7 Å². The zero-order valence-corrected chi connectivity index (χ0v) is 7.31. The van der Waals surface area contributed by atoms with Gasteiger partial charge < -0.3 is 4.55 Å². The van der Waals surface area contributed by atoms with Crippen molar-refractivity contribution in [3.8, 4) is 0 Å². The number of halogens is 1. The third kappa shape index (κ3) is 1.90. The van der Waals surface area contributed by atoms with E-state index in [4.69, 9.17) is 0 Å². The Morgan fingerprint density at radius 3 is 2.60 bits per heavy atom. The first-order valence-corrected chi connectivity index (χ1v) is 4.42. The summed E-state index contributed by atoms with van der Waals surface area (Å²) in [5.41, 5.74) is 0. The van der Waals surface area contributed by atoms with Crippen molar-refractivity contribution in [3.63, 3.8) is 0 Å². The molecule has 4 heteroatoms. The summed E-state index contributed by atoms with van der Waals surface area (Å²) in [6.07, 6.45) is 0. The zero-order valence-electron chi connectivity index (χ0n) is 4.91. The topological polar surface area (TPSA) is 40.1 Å². The van der Waals surface area contributed by atoms with Crippen LogP contribution in [0.4, 0.5) is 0 Å². The summed E-state index contributed by atoms with van der Waals surface area (Å²) >= 11 is 1.04. The van der Waals surface area contributed by atoms with E-state index in [-0.39, 0.29) is 0 Å². The molecule has 0 fully saturated rings. The van der Waals surface area contributed by atoms with Crippen LogP contribution in [0.2, 0.25) is 0 Å². The van der Waals surface area contributed by atoms with Crippen molar-refractivity contribution in [2.75, 3.05) is 0 Å². The minimum absolute atomic E-state index is 0.300. The molecule has 10 heavy (non-hydrogen) atoms. The highest BCUT2D eigenvalue weighted by Gasteiger charge is 1.90. The molecule has 0 saturated heterocycles. The third-order valence-electron chi connectivity index (χ3n) is 0.989. The highest BCUT2D eigenvalue weighted by molar-refractivity contribution is 9.10. The van der Waals surface area contributed by atoms with E-state index >= 15 is 0 Å². The van der Waals surface area contributed by atoms with Gasteiger partial charge in [-0.2, -0.15) is 0 Å². The first-order chi connectivity index (χ1) is 4.70.